The molecule has 0 aromatic heterocycles. The summed E-state index contributed by atoms with van der Waals surface area (Å²) in [4.78, 5) is 52.4. The summed E-state index contributed by atoms with van der Waals surface area (Å²) in [5.74, 6) is -3.97. The number of amides is 1. The minimum absolute atomic E-state index is 0.0199. The van der Waals surface area contributed by atoms with Gasteiger partial charge < -0.3 is 40.0 Å². The number of fused-ring (bicyclic) bond motifs is 3. The van der Waals surface area contributed by atoms with Crippen LogP contribution in [0.15, 0.2) is 18.2 Å². The molecule has 0 spiro atoms. The summed E-state index contributed by atoms with van der Waals surface area (Å²) >= 11 is 0. The summed E-state index contributed by atoms with van der Waals surface area (Å²) in [5.41, 5.74) is -3.25. The van der Waals surface area contributed by atoms with Crippen molar-refractivity contribution < 1.29 is 53.8 Å². The van der Waals surface area contributed by atoms with Crippen molar-refractivity contribution in [1.29, 1.82) is 0 Å². The molecule has 0 unspecified atom stereocenters. The van der Waals surface area contributed by atoms with Crippen LogP contribution in [0, 0.1) is 5.92 Å². The van der Waals surface area contributed by atoms with Gasteiger partial charge in [0.25, 0.3) is 0 Å². The maximum absolute atomic E-state index is 13.8. The molecule has 0 bridgehead atoms. The number of Topliss-reactive ketones (excluding diaryl/α,β-unsaturated/α-hetero) is 1. The van der Waals surface area contributed by atoms with Crippen LogP contribution in [0.3, 0.4) is 0 Å². The number of benzene rings is 2. The van der Waals surface area contributed by atoms with Gasteiger partial charge in [0.05, 0.1) is 42.0 Å². The molecule has 1 heterocycles. The Labute approximate surface area is 247 Å². The van der Waals surface area contributed by atoms with Gasteiger partial charge in [-0.15, -0.1) is 0 Å². The topological polar surface area (TPSA) is 189 Å². The maximum atomic E-state index is 13.8. The number of methoxy groups -OCH3 is 1. The highest BCUT2D eigenvalue weighted by atomic mass is 16.7. The van der Waals surface area contributed by atoms with E-state index in [1.807, 2.05) is 0 Å². The van der Waals surface area contributed by atoms with Crippen molar-refractivity contribution in [3.63, 3.8) is 0 Å². The van der Waals surface area contributed by atoms with E-state index in [9.17, 15) is 39.6 Å². The van der Waals surface area contributed by atoms with E-state index in [4.69, 9.17) is 14.2 Å². The average molecular weight is 598 g/mol. The molecule has 5 rings (SSSR count). The molecule has 2 aromatic rings. The Balaban J connectivity index is 1.61. The Morgan fingerprint density at radius 3 is 2.40 bits per heavy atom. The monoisotopic (exact) mass is 597 g/mol. The van der Waals surface area contributed by atoms with Crippen molar-refractivity contribution in [2.24, 2.45) is 5.92 Å². The highest BCUT2D eigenvalue weighted by Crippen LogP contribution is 2.52. The minimum Gasteiger partial charge on any atom is -0.507 e. The largest absolute Gasteiger partial charge is 0.507 e. The number of nitrogens with one attached hydrogen (secondary N) is 1. The summed E-state index contributed by atoms with van der Waals surface area (Å²) in [5, 5.41) is 47.8. The third-order valence-electron chi connectivity index (χ3n) is 8.61. The van der Waals surface area contributed by atoms with E-state index in [1.165, 1.54) is 32.2 Å². The number of phenols is 2. The van der Waals surface area contributed by atoms with E-state index >= 15 is 0 Å². The van der Waals surface area contributed by atoms with E-state index in [-0.39, 0.29) is 52.7 Å². The molecule has 3 aliphatic rings. The molecule has 12 heteroatoms. The van der Waals surface area contributed by atoms with Crippen LogP contribution < -0.4 is 10.1 Å². The number of aromatic hydroxyl groups is 2. The minimum atomic E-state index is -2.05. The normalized spacial score (nSPS) is 28.1. The molecule has 5 N–H and O–H groups in total. The van der Waals surface area contributed by atoms with E-state index < -0.39 is 82.6 Å². The summed E-state index contributed by atoms with van der Waals surface area (Å²) < 4.78 is 17.3. The third kappa shape index (κ3) is 4.97. The van der Waals surface area contributed by atoms with Gasteiger partial charge in [-0.05, 0) is 19.9 Å². The van der Waals surface area contributed by atoms with Crippen molar-refractivity contribution in [2.75, 3.05) is 7.11 Å². The van der Waals surface area contributed by atoms with E-state index in [1.54, 1.807) is 20.8 Å². The number of ketones is 3. The highest BCUT2D eigenvalue weighted by Gasteiger charge is 2.49. The predicted molar refractivity (Wildman–Crippen MR) is 149 cm³/mol. The van der Waals surface area contributed by atoms with E-state index in [0.717, 1.165) is 0 Å². The van der Waals surface area contributed by atoms with Crippen molar-refractivity contribution >= 4 is 23.3 Å². The van der Waals surface area contributed by atoms with Gasteiger partial charge in [0.2, 0.25) is 11.7 Å². The molecular weight excluding hydrogens is 562 g/mol. The van der Waals surface area contributed by atoms with Gasteiger partial charge in [-0.3, -0.25) is 19.2 Å². The Morgan fingerprint density at radius 2 is 1.77 bits per heavy atom. The van der Waals surface area contributed by atoms with Crippen LogP contribution in [0.5, 0.6) is 17.2 Å². The summed E-state index contributed by atoms with van der Waals surface area (Å²) in [7, 11) is 1.33. The second-order valence-corrected chi connectivity index (χ2v) is 11.7. The summed E-state index contributed by atoms with van der Waals surface area (Å²) in [6.07, 6.45) is -5.09. The number of ether oxygens (including phenoxy) is 3. The van der Waals surface area contributed by atoms with Gasteiger partial charge in [-0.25, -0.2) is 0 Å². The molecular formula is C31H35NO11. The van der Waals surface area contributed by atoms with Crippen LogP contribution in [0.2, 0.25) is 0 Å². The number of phenolic OH excluding ortho intramolecular Hbond substituents is 2. The fourth-order valence-corrected chi connectivity index (χ4v) is 6.12. The Kier molecular flexibility index (Phi) is 7.84. The molecule has 230 valence electrons. The number of rotatable bonds is 6. The molecule has 43 heavy (non-hydrogen) atoms. The molecule has 6 atom stereocenters. The lowest BCUT2D eigenvalue weighted by Gasteiger charge is -2.43. The fourth-order valence-electron chi connectivity index (χ4n) is 6.12. The zero-order chi connectivity index (χ0) is 31.5. The SMILES string of the molecule is COc1cccc2c1C(=O)c1c(O)c3c(c(O)c1C2=O)C[C@@](O)(C(C)=O)C[C@@H]3O[C@H]1C[C@H](NC(=O)C(C)C)[C@H](O)[C@H](C)O1. The van der Waals surface area contributed by atoms with Crippen LogP contribution in [0.1, 0.15) is 89.6 Å². The average Bonchev–Trinajstić information content (AvgIpc) is 2.95. The van der Waals surface area contributed by atoms with Gasteiger partial charge in [0.1, 0.15) is 29.0 Å². The molecule has 12 nitrogen and oxygen atoms in total. The van der Waals surface area contributed by atoms with Crippen LogP contribution in [0.4, 0.5) is 0 Å². The first-order valence-corrected chi connectivity index (χ1v) is 14.1. The number of carbonyl (C=O) groups excluding carboxylic acids is 4. The Bertz CT molecular complexity index is 1530. The zero-order valence-corrected chi connectivity index (χ0v) is 24.5. The van der Waals surface area contributed by atoms with Crippen LogP contribution in [0.25, 0.3) is 0 Å². The molecule has 1 aliphatic heterocycles. The third-order valence-corrected chi connectivity index (χ3v) is 8.61. The molecule has 2 aliphatic carbocycles. The molecule has 0 radical (unpaired) electrons. The Hall–Kier alpha value is -3.84. The first-order valence-electron chi connectivity index (χ1n) is 14.1. The van der Waals surface area contributed by atoms with Gasteiger partial charge >= 0.3 is 0 Å². The number of aliphatic hydroxyl groups excluding tert-OH is 1. The van der Waals surface area contributed by atoms with Gasteiger partial charge in [0.15, 0.2) is 17.9 Å². The first-order chi connectivity index (χ1) is 20.2. The number of aliphatic hydroxyl groups is 2. The predicted octanol–water partition coefficient (Wildman–Crippen LogP) is 1.84. The van der Waals surface area contributed by atoms with E-state index in [0.29, 0.717) is 0 Å². The van der Waals surface area contributed by atoms with Crippen molar-refractivity contribution in [3.8, 4) is 17.2 Å². The molecule has 1 fully saturated rings. The van der Waals surface area contributed by atoms with Gasteiger partial charge in [-0.1, -0.05) is 26.0 Å². The van der Waals surface area contributed by atoms with Crippen molar-refractivity contribution in [3.05, 3.63) is 51.6 Å². The number of hydrogen-bond donors (Lipinski definition) is 5. The lowest BCUT2D eigenvalue weighted by Crippen LogP contribution is -2.56. The lowest BCUT2D eigenvalue weighted by molar-refractivity contribution is -0.249. The number of hydrogen-bond acceptors (Lipinski definition) is 11. The fraction of sp³-hybridized carbons (Fsp3) is 0.484. The first kappa shape index (κ1) is 30.6. The number of carbonyl (C=O) groups is 4. The smallest absolute Gasteiger partial charge is 0.222 e. The highest BCUT2D eigenvalue weighted by molar-refractivity contribution is 6.31. The van der Waals surface area contributed by atoms with Crippen LogP contribution in [-0.2, 0) is 25.5 Å². The van der Waals surface area contributed by atoms with Crippen molar-refractivity contribution in [1.82, 2.24) is 5.32 Å². The Morgan fingerprint density at radius 1 is 1.09 bits per heavy atom. The second-order valence-electron chi connectivity index (χ2n) is 11.7. The molecule has 2 aromatic carbocycles. The molecule has 1 amide bonds. The van der Waals surface area contributed by atoms with Crippen LogP contribution >= 0.6 is 0 Å². The van der Waals surface area contributed by atoms with Gasteiger partial charge in [0, 0.05) is 41.9 Å². The molecule has 0 saturated carbocycles. The standard InChI is InChI=1S/C31H35NO11/c1-12(2)30(39)32-17-9-20(42-13(3)25(17)34)43-19-11-31(40,14(4)33)10-16-22(19)29(38)24-23(27(16)36)26(35)15-7-6-8-18(41-5)21(15)28(24)37/h6-8,12-13,17,19-20,25,34,36,38,40H,9-11H2,1-5H3,(H,32,39)/t13-,17-,19-,20-,25+,31-/m0/s1. The molecule has 1 saturated heterocycles. The van der Waals surface area contributed by atoms with Gasteiger partial charge in [-0.2, -0.15) is 0 Å². The zero-order valence-electron chi connectivity index (χ0n) is 24.5. The summed E-state index contributed by atoms with van der Waals surface area (Å²) in [6.45, 7) is 6.16. The van der Waals surface area contributed by atoms with Crippen molar-refractivity contribution in [2.45, 2.75) is 83.2 Å². The van der Waals surface area contributed by atoms with Crippen LogP contribution in [-0.4, -0.2) is 80.9 Å². The summed E-state index contributed by atoms with van der Waals surface area (Å²) in [6, 6.07) is 3.65. The van der Waals surface area contributed by atoms with E-state index in [2.05, 4.69) is 5.32 Å². The quantitative estimate of drug-likeness (QED) is 0.261. The second kappa shape index (κ2) is 11.0. The lowest BCUT2D eigenvalue weighted by atomic mass is 9.72. The maximum Gasteiger partial charge on any atom is 0.222 e.